The van der Waals surface area contributed by atoms with Crippen molar-refractivity contribution < 1.29 is 14.3 Å². The van der Waals surface area contributed by atoms with E-state index in [4.69, 9.17) is 14.7 Å². The van der Waals surface area contributed by atoms with Gasteiger partial charge in [-0.1, -0.05) is 43.0 Å². The van der Waals surface area contributed by atoms with Gasteiger partial charge >= 0.3 is 6.01 Å². The summed E-state index contributed by atoms with van der Waals surface area (Å²) < 4.78 is 6.50. The van der Waals surface area contributed by atoms with Crippen molar-refractivity contribution in [2.24, 2.45) is 0 Å². The predicted octanol–water partition coefficient (Wildman–Crippen LogP) is 4.62. The highest BCUT2D eigenvalue weighted by atomic mass is 16.5. The molecule has 10 nitrogen and oxygen atoms in total. The lowest BCUT2D eigenvalue weighted by Crippen LogP contribution is -2.48. The maximum absolute atomic E-state index is 14.1. The van der Waals surface area contributed by atoms with Gasteiger partial charge in [-0.3, -0.25) is 9.59 Å². The van der Waals surface area contributed by atoms with Gasteiger partial charge in [0.1, 0.15) is 11.4 Å². The van der Waals surface area contributed by atoms with Crippen LogP contribution in [0.25, 0.3) is 0 Å². The summed E-state index contributed by atoms with van der Waals surface area (Å²) in [5, 5.41) is 12.7. The van der Waals surface area contributed by atoms with Gasteiger partial charge in [-0.2, -0.15) is 15.2 Å². The Labute approximate surface area is 262 Å². The smallest absolute Gasteiger partial charge is 0.324 e. The van der Waals surface area contributed by atoms with Crippen molar-refractivity contribution >= 4 is 23.3 Å². The minimum absolute atomic E-state index is 0.0313. The molecule has 7 rings (SSSR count). The predicted molar refractivity (Wildman–Crippen MR) is 170 cm³/mol. The van der Waals surface area contributed by atoms with E-state index in [-0.39, 0.29) is 24.2 Å². The summed E-state index contributed by atoms with van der Waals surface area (Å²) in [5.41, 5.74) is 5.65. The Morgan fingerprint density at radius 2 is 1.98 bits per heavy atom. The molecule has 0 bridgehead atoms. The molecule has 228 valence electrons. The fraction of sp³-hybridized carbons (Fsp3) is 0.343. The Balaban J connectivity index is 1.34. The Kier molecular flexibility index (Phi) is 7.34. The summed E-state index contributed by atoms with van der Waals surface area (Å²) in [6.07, 6.45) is 6.88. The van der Waals surface area contributed by atoms with E-state index in [9.17, 15) is 14.9 Å². The standard InChI is InChI=1S/C35H35N7O3/c1-3-30(43)42-19-18-41(22-25(42)13-16-36)32-31-28(20-35(33(44)38-31)15-7-10-23-8-4-5-11-27(23)35)37-34(39-32)45-29-12-6-9-24-21-40(2)17-14-26(24)29/h3-6,8-9,11-12,22H,1,7,10,13-15,17-21H2,2H3,(H,38,44). The van der Waals surface area contributed by atoms with Crippen LogP contribution in [0.1, 0.15) is 47.2 Å². The Morgan fingerprint density at radius 3 is 2.82 bits per heavy atom. The van der Waals surface area contributed by atoms with Crippen molar-refractivity contribution in [3.05, 3.63) is 95.0 Å². The zero-order valence-electron chi connectivity index (χ0n) is 25.4. The number of carbonyl (C=O) groups is 2. The summed E-state index contributed by atoms with van der Waals surface area (Å²) in [5.74, 6) is 0.873. The maximum atomic E-state index is 14.1. The van der Waals surface area contributed by atoms with E-state index in [1.165, 1.54) is 17.2 Å². The van der Waals surface area contributed by atoms with Gasteiger partial charge in [0.25, 0.3) is 0 Å². The molecular formula is C35H35N7O3. The van der Waals surface area contributed by atoms with E-state index < -0.39 is 5.41 Å². The van der Waals surface area contributed by atoms with Gasteiger partial charge in [0.2, 0.25) is 11.8 Å². The summed E-state index contributed by atoms with van der Waals surface area (Å²) in [6, 6.07) is 16.6. The average molecular weight is 602 g/mol. The zero-order chi connectivity index (χ0) is 31.1. The van der Waals surface area contributed by atoms with Crippen molar-refractivity contribution in [1.82, 2.24) is 19.8 Å². The van der Waals surface area contributed by atoms with E-state index >= 15 is 0 Å². The highest BCUT2D eigenvalue weighted by molar-refractivity contribution is 6.04. The van der Waals surface area contributed by atoms with Gasteiger partial charge in [0.05, 0.1) is 29.3 Å². The zero-order valence-corrected chi connectivity index (χ0v) is 25.4. The van der Waals surface area contributed by atoms with Crippen molar-refractivity contribution in [2.75, 3.05) is 36.9 Å². The number of carbonyl (C=O) groups excluding carboxylic acids is 2. The van der Waals surface area contributed by atoms with Crippen LogP contribution in [-0.2, 0) is 40.8 Å². The summed E-state index contributed by atoms with van der Waals surface area (Å²) in [4.78, 5) is 42.2. The molecule has 1 spiro atoms. The van der Waals surface area contributed by atoms with Crippen LogP contribution in [0.3, 0.4) is 0 Å². The first kappa shape index (κ1) is 28.7. The second-order valence-corrected chi connectivity index (χ2v) is 12.2. The number of amides is 2. The lowest BCUT2D eigenvalue weighted by molar-refractivity contribution is -0.124. The molecule has 1 aliphatic carbocycles. The van der Waals surface area contributed by atoms with Crippen molar-refractivity contribution in [3.63, 3.8) is 0 Å². The number of aromatic nitrogens is 2. The first-order valence-corrected chi connectivity index (χ1v) is 15.5. The molecule has 3 aromatic rings. The van der Waals surface area contributed by atoms with Gasteiger partial charge in [-0.25, -0.2) is 0 Å². The Hall–Kier alpha value is -5.01. The maximum Gasteiger partial charge on any atom is 0.324 e. The van der Waals surface area contributed by atoms with E-state index in [0.29, 0.717) is 42.4 Å². The van der Waals surface area contributed by atoms with Gasteiger partial charge in [-0.05, 0) is 61.6 Å². The van der Waals surface area contributed by atoms with Crippen LogP contribution < -0.4 is 15.0 Å². The number of nitrogens with one attached hydrogen (secondary N) is 1. The molecule has 1 atom stereocenters. The van der Waals surface area contributed by atoms with Gasteiger partial charge in [0.15, 0.2) is 5.82 Å². The molecule has 3 aliphatic heterocycles. The van der Waals surface area contributed by atoms with Crippen LogP contribution in [-0.4, -0.2) is 58.3 Å². The summed E-state index contributed by atoms with van der Waals surface area (Å²) >= 11 is 0. The van der Waals surface area contributed by atoms with E-state index in [1.807, 2.05) is 29.2 Å². The molecule has 1 aromatic heterocycles. The van der Waals surface area contributed by atoms with Crippen molar-refractivity contribution in [3.8, 4) is 17.8 Å². The van der Waals surface area contributed by atoms with E-state index in [0.717, 1.165) is 55.6 Å². The number of hydrogen-bond acceptors (Lipinski definition) is 8. The molecule has 4 heterocycles. The van der Waals surface area contributed by atoms with Crippen LogP contribution in [0.15, 0.2) is 67.0 Å². The molecule has 4 aliphatic rings. The number of nitriles is 1. The SMILES string of the molecule is C=CC(=O)N1CCN(c2nc(Oc3cccc4c3CCN(C)C4)nc3c2NC(=O)C2(CCCc4ccccc42)C3)C=C1CC#N. The summed E-state index contributed by atoms with van der Waals surface area (Å²) in [7, 11) is 2.11. The van der Waals surface area contributed by atoms with Gasteiger partial charge in [0, 0.05) is 44.4 Å². The second kappa shape index (κ2) is 11.5. The number of benzene rings is 2. The fourth-order valence-corrected chi connectivity index (χ4v) is 7.25. The first-order chi connectivity index (χ1) is 21.9. The Bertz CT molecular complexity index is 1790. The first-order valence-electron chi connectivity index (χ1n) is 15.5. The molecule has 0 fully saturated rings. The van der Waals surface area contributed by atoms with Crippen LogP contribution in [0.2, 0.25) is 0 Å². The lowest BCUT2D eigenvalue weighted by Gasteiger charge is -2.42. The number of allylic oxidation sites excluding steroid dienone is 1. The van der Waals surface area contributed by atoms with Crippen LogP contribution in [0.5, 0.6) is 11.8 Å². The number of likely N-dealkylation sites (N-methyl/N-ethyl adjacent to an activating group) is 1. The Morgan fingerprint density at radius 1 is 1.13 bits per heavy atom. The highest BCUT2D eigenvalue weighted by Crippen LogP contribution is 2.47. The van der Waals surface area contributed by atoms with E-state index in [1.54, 1.807) is 11.1 Å². The molecule has 1 unspecified atom stereocenters. The molecule has 0 radical (unpaired) electrons. The fourth-order valence-electron chi connectivity index (χ4n) is 7.25. The molecule has 2 amide bonds. The lowest BCUT2D eigenvalue weighted by atomic mass is 9.65. The second-order valence-electron chi connectivity index (χ2n) is 12.2. The van der Waals surface area contributed by atoms with Crippen LogP contribution >= 0.6 is 0 Å². The third-order valence-electron chi connectivity index (χ3n) is 9.47. The van der Waals surface area contributed by atoms with Crippen molar-refractivity contribution in [2.45, 2.75) is 50.5 Å². The van der Waals surface area contributed by atoms with Crippen LogP contribution in [0.4, 0.5) is 11.5 Å². The number of aryl methyl sites for hydroxylation is 1. The number of anilines is 2. The number of ether oxygens (including phenoxy) is 1. The van der Waals surface area contributed by atoms with E-state index in [2.05, 4.69) is 48.1 Å². The van der Waals surface area contributed by atoms with Crippen molar-refractivity contribution in [1.29, 1.82) is 5.26 Å². The normalized spacial score (nSPS) is 20.7. The molecular weight excluding hydrogens is 566 g/mol. The molecule has 45 heavy (non-hydrogen) atoms. The highest BCUT2D eigenvalue weighted by Gasteiger charge is 2.48. The molecule has 10 heteroatoms. The average Bonchev–Trinajstić information content (AvgIpc) is 3.05. The third kappa shape index (κ3) is 5.03. The monoisotopic (exact) mass is 601 g/mol. The van der Waals surface area contributed by atoms with Crippen LogP contribution in [0, 0.1) is 11.3 Å². The molecule has 0 saturated carbocycles. The number of hydrogen-bond donors (Lipinski definition) is 1. The number of rotatable bonds is 5. The molecule has 0 saturated heterocycles. The minimum atomic E-state index is -0.738. The topological polar surface area (TPSA) is 115 Å². The number of nitrogens with zero attached hydrogens (tertiary/aromatic N) is 6. The third-order valence-corrected chi connectivity index (χ3v) is 9.47. The summed E-state index contributed by atoms with van der Waals surface area (Å²) in [6.45, 7) is 6.12. The molecule has 2 aromatic carbocycles. The minimum Gasteiger partial charge on any atom is -0.424 e. The largest absolute Gasteiger partial charge is 0.424 e. The number of fused-ring (bicyclic) bond motifs is 4. The van der Waals surface area contributed by atoms with Gasteiger partial charge in [-0.15, -0.1) is 0 Å². The van der Waals surface area contributed by atoms with Gasteiger partial charge < -0.3 is 24.8 Å². The molecule has 1 N–H and O–H groups in total. The quantitative estimate of drug-likeness (QED) is 0.422.